The predicted molar refractivity (Wildman–Crippen MR) is 126 cm³/mol. The summed E-state index contributed by atoms with van der Waals surface area (Å²) in [6, 6.07) is 15.9. The molecule has 2 aromatic rings. The maximum atomic E-state index is 14.9. The minimum Gasteiger partial charge on any atom is -0.270 e. The van der Waals surface area contributed by atoms with E-state index in [2.05, 4.69) is 14.0 Å². The summed E-state index contributed by atoms with van der Waals surface area (Å²) in [7, 11) is -2.86. The molecule has 2 aliphatic rings. The molecule has 0 radical (unpaired) electrons. The van der Waals surface area contributed by atoms with Crippen molar-refractivity contribution >= 4 is 30.8 Å². The Morgan fingerprint density at radius 2 is 1.07 bits per heavy atom. The molecular formula is C23H30Cl2N3OP. The van der Waals surface area contributed by atoms with E-state index in [1.807, 2.05) is 48.5 Å². The summed E-state index contributed by atoms with van der Waals surface area (Å²) >= 11 is 12.2. The zero-order valence-corrected chi connectivity index (χ0v) is 19.8. The molecule has 7 heteroatoms. The fourth-order valence-electron chi connectivity index (χ4n) is 4.49. The fraction of sp³-hybridized carbons (Fsp3) is 0.478. The van der Waals surface area contributed by atoms with Crippen LogP contribution in [0, 0.1) is 0 Å². The van der Waals surface area contributed by atoms with Crippen molar-refractivity contribution in [3.05, 3.63) is 69.7 Å². The topological polar surface area (TPSA) is 26.8 Å². The summed E-state index contributed by atoms with van der Waals surface area (Å²) in [5.74, 6) is 0. The lowest BCUT2D eigenvalue weighted by Crippen LogP contribution is -2.45. The standard InChI is InChI=1S/C23H30Cl2N3OP/c24-22-10-6-20(7-11-22)18-27-16-5-17-28(19-21-8-12-23(25)13-9-21)30(27,29)26-14-3-1-2-4-15-26/h6-13H,1-5,14-19H2. The molecule has 4 rings (SSSR count). The molecule has 4 nitrogen and oxygen atoms in total. The van der Waals surface area contributed by atoms with Gasteiger partial charge in [0.05, 0.1) is 0 Å². The van der Waals surface area contributed by atoms with Gasteiger partial charge in [0.1, 0.15) is 0 Å². The average molecular weight is 466 g/mol. The van der Waals surface area contributed by atoms with Crippen molar-refractivity contribution in [3.63, 3.8) is 0 Å². The Morgan fingerprint density at radius 1 is 0.633 bits per heavy atom. The maximum Gasteiger partial charge on any atom is 0.287 e. The summed E-state index contributed by atoms with van der Waals surface area (Å²) in [4.78, 5) is 0. The van der Waals surface area contributed by atoms with Gasteiger partial charge in [0.2, 0.25) is 0 Å². The highest BCUT2D eigenvalue weighted by Gasteiger charge is 2.45. The molecule has 2 fully saturated rings. The summed E-state index contributed by atoms with van der Waals surface area (Å²) in [5.41, 5.74) is 2.31. The van der Waals surface area contributed by atoms with Crippen LogP contribution in [-0.4, -0.2) is 40.2 Å². The first kappa shape index (κ1) is 22.3. The molecule has 30 heavy (non-hydrogen) atoms. The normalized spacial score (nSPS) is 21.4. The second-order valence-corrected chi connectivity index (χ2v) is 11.9. The third-order valence-corrected chi connectivity index (χ3v) is 9.87. The molecule has 0 unspecified atom stereocenters. The average Bonchev–Trinajstić information content (AvgIpc) is 3.04. The van der Waals surface area contributed by atoms with Crippen LogP contribution in [0.4, 0.5) is 0 Å². The summed E-state index contributed by atoms with van der Waals surface area (Å²) in [5, 5.41) is 1.47. The van der Waals surface area contributed by atoms with E-state index in [1.54, 1.807) is 0 Å². The van der Waals surface area contributed by atoms with Crippen LogP contribution in [0.15, 0.2) is 48.5 Å². The molecule has 2 aromatic carbocycles. The summed E-state index contributed by atoms with van der Waals surface area (Å²) < 4.78 is 21.6. The van der Waals surface area contributed by atoms with Crippen molar-refractivity contribution in [1.29, 1.82) is 0 Å². The number of hydrogen-bond donors (Lipinski definition) is 0. The van der Waals surface area contributed by atoms with Crippen molar-refractivity contribution in [1.82, 2.24) is 14.0 Å². The van der Waals surface area contributed by atoms with Crippen molar-refractivity contribution in [3.8, 4) is 0 Å². The van der Waals surface area contributed by atoms with Gasteiger partial charge in [-0.2, -0.15) is 0 Å². The highest BCUT2D eigenvalue weighted by Crippen LogP contribution is 2.60. The van der Waals surface area contributed by atoms with E-state index in [0.29, 0.717) is 13.1 Å². The van der Waals surface area contributed by atoms with Crippen LogP contribution in [0.2, 0.25) is 10.0 Å². The maximum absolute atomic E-state index is 14.9. The lowest BCUT2D eigenvalue weighted by Gasteiger charge is -2.48. The molecule has 0 N–H and O–H groups in total. The molecular weight excluding hydrogens is 436 g/mol. The van der Waals surface area contributed by atoms with E-state index in [4.69, 9.17) is 23.2 Å². The quantitative estimate of drug-likeness (QED) is 0.459. The Bertz CT molecular complexity index is 808. The van der Waals surface area contributed by atoms with E-state index < -0.39 is 7.59 Å². The van der Waals surface area contributed by atoms with Gasteiger partial charge in [-0.25, -0.2) is 14.0 Å². The minimum atomic E-state index is -2.86. The van der Waals surface area contributed by atoms with Gasteiger partial charge in [-0.15, -0.1) is 0 Å². The van der Waals surface area contributed by atoms with Crippen LogP contribution >= 0.6 is 30.8 Å². The number of rotatable bonds is 5. The van der Waals surface area contributed by atoms with Crippen LogP contribution in [0.5, 0.6) is 0 Å². The number of halogens is 2. The smallest absolute Gasteiger partial charge is 0.270 e. The first-order valence-electron chi connectivity index (χ1n) is 10.9. The van der Waals surface area contributed by atoms with Gasteiger partial charge in [0.25, 0.3) is 7.59 Å². The van der Waals surface area contributed by atoms with Gasteiger partial charge in [0.15, 0.2) is 0 Å². The molecule has 162 valence electrons. The van der Waals surface area contributed by atoms with E-state index >= 15 is 0 Å². The first-order valence-corrected chi connectivity index (χ1v) is 13.2. The van der Waals surface area contributed by atoms with Crippen molar-refractivity contribution in [2.75, 3.05) is 26.2 Å². The third-order valence-electron chi connectivity index (χ3n) is 6.08. The van der Waals surface area contributed by atoms with Gasteiger partial charge in [-0.05, 0) is 54.7 Å². The Balaban J connectivity index is 1.63. The van der Waals surface area contributed by atoms with Crippen LogP contribution in [-0.2, 0) is 17.7 Å². The van der Waals surface area contributed by atoms with Gasteiger partial charge < -0.3 is 0 Å². The fourth-order valence-corrected chi connectivity index (χ4v) is 8.12. The van der Waals surface area contributed by atoms with Crippen LogP contribution in [0.25, 0.3) is 0 Å². The molecule has 0 bridgehead atoms. The van der Waals surface area contributed by atoms with Crippen LogP contribution < -0.4 is 0 Å². The predicted octanol–water partition coefficient (Wildman–Crippen LogP) is 6.69. The third kappa shape index (κ3) is 5.12. The lowest BCUT2D eigenvalue weighted by atomic mass is 10.2. The zero-order valence-electron chi connectivity index (χ0n) is 17.4. The minimum absolute atomic E-state index is 0.683. The number of nitrogens with zero attached hydrogens (tertiary/aromatic N) is 3. The largest absolute Gasteiger partial charge is 0.287 e. The van der Waals surface area contributed by atoms with Crippen molar-refractivity contribution in [2.24, 2.45) is 0 Å². The van der Waals surface area contributed by atoms with E-state index in [-0.39, 0.29) is 0 Å². The van der Waals surface area contributed by atoms with Crippen LogP contribution in [0.1, 0.15) is 43.2 Å². The molecule has 2 aliphatic heterocycles. The number of benzene rings is 2. The number of hydrogen-bond acceptors (Lipinski definition) is 1. The van der Waals surface area contributed by atoms with Gasteiger partial charge in [-0.1, -0.05) is 60.3 Å². The van der Waals surface area contributed by atoms with Crippen LogP contribution in [0.3, 0.4) is 0 Å². The van der Waals surface area contributed by atoms with Gasteiger partial charge >= 0.3 is 0 Å². The Hall–Kier alpha value is -0.870. The Labute approximate surface area is 190 Å². The Kier molecular flexibility index (Phi) is 7.57. The summed E-state index contributed by atoms with van der Waals surface area (Å²) in [6.45, 7) is 4.89. The lowest BCUT2D eigenvalue weighted by molar-refractivity contribution is 0.221. The molecule has 0 saturated carbocycles. The van der Waals surface area contributed by atoms with Crippen molar-refractivity contribution < 1.29 is 4.57 Å². The van der Waals surface area contributed by atoms with Gasteiger partial charge in [0, 0.05) is 49.3 Å². The molecule has 0 aliphatic carbocycles. The van der Waals surface area contributed by atoms with Gasteiger partial charge in [-0.3, -0.25) is 4.57 Å². The van der Waals surface area contributed by atoms with Crippen molar-refractivity contribution in [2.45, 2.75) is 45.2 Å². The second kappa shape index (κ2) is 10.2. The Morgan fingerprint density at radius 3 is 1.50 bits per heavy atom. The van der Waals surface area contributed by atoms with E-state index in [9.17, 15) is 4.57 Å². The monoisotopic (exact) mass is 465 g/mol. The zero-order chi connectivity index (χ0) is 21.0. The summed E-state index contributed by atoms with van der Waals surface area (Å²) in [6.07, 6.45) is 5.70. The molecule has 0 amide bonds. The first-order chi connectivity index (χ1) is 14.6. The molecule has 0 atom stereocenters. The molecule has 2 heterocycles. The second-order valence-electron chi connectivity index (χ2n) is 8.26. The molecule has 2 saturated heterocycles. The molecule has 0 spiro atoms. The van der Waals surface area contributed by atoms with E-state index in [0.717, 1.165) is 66.6 Å². The van der Waals surface area contributed by atoms with E-state index in [1.165, 1.54) is 12.8 Å². The highest BCUT2D eigenvalue weighted by molar-refractivity contribution is 7.56. The SMILES string of the molecule is O=P1(N2CCCCCC2)N(Cc2ccc(Cl)cc2)CCCN1Cc1ccc(Cl)cc1. The highest BCUT2D eigenvalue weighted by atomic mass is 35.5. The molecule has 0 aromatic heterocycles.